The number of halogens is 1. The summed E-state index contributed by atoms with van der Waals surface area (Å²) in [6.45, 7) is 1.78. The maximum atomic E-state index is 11.8. The molecule has 1 N–H and O–H groups in total. The first-order valence-corrected chi connectivity index (χ1v) is 7.78. The van der Waals surface area contributed by atoms with E-state index in [9.17, 15) is 9.90 Å². The molecule has 0 radical (unpaired) electrons. The highest BCUT2D eigenvalue weighted by molar-refractivity contribution is 9.10. The Morgan fingerprint density at radius 2 is 1.96 bits per heavy atom. The molecule has 0 aliphatic rings. The molecule has 0 aliphatic carbocycles. The zero-order valence-electron chi connectivity index (χ0n) is 12.6. The van der Waals surface area contributed by atoms with Crippen LogP contribution in [0.25, 0.3) is 22.2 Å². The lowest BCUT2D eigenvalue weighted by atomic mass is 9.98. The molecule has 0 spiro atoms. The van der Waals surface area contributed by atoms with Crippen molar-refractivity contribution in [1.82, 2.24) is 4.98 Å². The minimum absolute atomic E-state index is 0.264. The molecular formula is C18H14BrNO3. The number of carboxylic acid groups (broad SMARTS) is 1. The average Bonchev–Trinajstić information content (AvgIpc) is 2.54. The van der Waals surface area contributed by atoms with Gasteiger partial charge in [-0.05, 0) is 36.8 Å². The monoisotopic (exact) mass is 371 g/mol. The van der Waals surface area contributed by atoms with E-state index in [1.54, 1.807) is 14.0 Å². The summed E-state index contributed by atoms with van der Waals surface area (Å²) in [4.78, 5) is 16.5. The third-order valence-corrected chi connectivity index (χ3v) is 4.42. The number of carbonyl (C=O) groups is 1. The summed E-state index contributed by atoms with van der Waals surface area (Å²) in [5, 5.41) is 10.3. The molecular weight excluding hydrogens is 358 g/mol. The zero-order chi connectivity index (χ0) is 16.6. The van der Waals surface area contributed by atoms with Crippen LogP contribution in [0, 0.1) is 6.92 Å². The average molecular weight is 372 g/mol. The number of hydrogen-bond donors (Lipinski definition) is 1. The summed E-state index contributed by atoms with van der Waals surface area (Å²) < 4.78 is 5.97. The van der Waals surface area contributed by atoms with Crippen molar-refractivity contribution >= 4 is 32.8 Å². The van der Waals surface area contributed by atoms with E-state index in [2.05, 4.69) is 20.9 Å². The molecule has 0 aliphatic heterocycles. The number of fused-ring (bicyclic) bond motifs is 1. The van der Waals surface area contributed by atoms with E-state index in [0.717, 1.165) is 10.0 Å². The minimum Gasteiger partial charge on any atom is -0.497 e. The molecule has 2 aromatic carbocycles. The van der Waals surface area contributed by atoms with Gasteiger partial charge in [0.05, 0.1) is 23.9 Å². The van der Waals surface area contributed by atoms with Crippen molar-refractivity contribution < 1.29 is 14.6 Å². The fourth-order valence-electron chi connectivity index (χ4n) is 2.68. The van der Waals surface area contributed by atoms with E-state index in [1.807, 2.05) is 42.5 Å². The van der Waals surface area contributed by atoms with Crippen LogP contribution >= 0.6 is 15.9 Å². The van der Waals surface area contributed by atoms with Crippen LogP contribution in [0.3, 0.4) is 0 Å². The van der Waals surface area contributed by atoms with E-state index in [1.165, 1.54) is 0 Å². The first-order chi connectivity index (χ1) is 11.0. The quantitative estimate of drug-likeness (QED) is 0.725. The molecule has 23 heavy (non-hydrogen) atoms. The number of rotatable bonds is 3. The molecule has 0 atom stereocenters. The van der Waals surface area contributed by atoms with Crippen molar-refractivity contribution in [1.29, 1.82) is 0 Å². The topological polar surface area (TPSA) is 59.4 Å². The van der Waals surface area contributed by atoms with Gasteiger partial charge in [-0.25, -0.2) is 9.78 Å². The standard InChI is InChI=1S/C18H14BrNO3/c1-10-15(18(21)22)16-13(19)7-4-8-14(16)20-17(10)11-5-3-6-12(9-11)23-2/h3-9H,1-2H3,(H,21,22). The third-order valence-electron chi connectivity index (χ3n) is 3.76. The van der Waals surface area contributed by atoms with E-state index >= 15 is 0 Å². The summed E-state index contributed by atoms with van der Waals surface area (Å²) in [6.07, 6.45) is 0. The summed E-state index contributed by atoms with van der Waals surface area (Å²) in [6, 6.07) is 12.9. The lowest BCUT2D eigenvalue weighted by Crippen LogP contribution is -2.05. The molecule has 0 saturated carbocycles. The Balaban J connectivity index is 2.38. The normalized spacial score (nSPS) is 10.7. The molecule has 0 saturated heterocycles. The van der Waals surface area contributed by atoms with E-state index in [0.29, 0.717) is 27.9 Å². The Bertz CT molecular complexity index is 922. The van der Waals surface area contributed by atoms with Crippen molar-refractivity contribution in [2.24, 2.45) is 0 Å². The lowest BCUT2D eigenvalue weighted by molar-refractivity contribution is 0.0698. The van der Waals surface area contributed by atoms with Crippen molar-refractivity contribution in [2.75, 3.05) is 7.11 Å². The van der Waals surface area contributed by atoms with Crippen LogP contribution in [0.4, 0.5) is 0 Å². The molecule has 5 heteroatoms. The molecule has 0 amide bonds. The predicted molar refractivity (Wildman–Crippen MR) is 93.1 cm³/mol. The fraction of sp³-hybridized carbons (Fsp3) is 0.111. The molecule has 0 unspecified atom stereocenters. The van der Waals surface area contributed by atoms with Gasteiger partial charge in [-0.3, -0.25) is 0 Å². The maximum Gasteiger partial charge on any atom is 0.336 e. The number of aromatic nitrogens is 1. The summed E-state index contributed by atoms with van der Waals surface area (Å²) in [5.74, 6) is -0.263. The van der Waals surface area contributed by atoms with Crippen molar-refractivity contribution in [3.63, 3.8) is 0 Å². The second-order valence-corrected chi connectivity index (χ2v) is 5.99. The van der Waals surface area contributed by atoms with Gasteiger partial charge in [0.15, 0.2) is 0 Å². The van der Waals surface area contributed by atoms with Crippen LogP contribution < -0.4 is 4.74 Å². The van der Waals surface area contributed by atoms with Crippen LogP contribution in [0.2, 0.25) is 0 Å². The van der Waals surface area contributed by atoms with Gasteiger partial charge in [0, 0.05) is 15.4 Å². The van der Waals surface area contributed by atoms with Crippen molar-refractivity contribution in [3.05, 3.63) is 58.1 Å². The lowest BCUT2D eigenvalue weighted by Gasteiger charge is -2.13. The largest absolute Gasteiger partial charge is 0.497 e. The SMILES string of the molecule is COc1cccc(-c2nc3cccc(Br)c3c(C(=O)O)c2C)c1. The number of methoxy groups -OCH3 is 1. The molecule has 1 aromatic heterocycles. The smallest absolute Gasteiger partial charge is 0.336 e. The summed E-state index contributed by atoms with van der Waals surface area (Å²) >= 11 is 3.43. The van der Waals surface area contributed by atoms with E-state index < -0.39 is 5.97 Å². The number of carboxylic acids is 1. The molecule has 116 valence electrons. The number of nitrogens with zero attached hydrogens (tertiary/aromatic N) is 1. The van der Waals surface area contributed by atoms with Gasteiger partial charge < -0.3 is 9.84 Å². The minimum atomic E-state index is -0.967. The first kappa shape index (κ1) is 15.5. The molecule has 3 rings (SSSR count). The Hall–Kier alpha value is -2.40. The summed E-state index contributed by atoms with van der Waals surface area (Å²) in [7, 11) is 1.60. The van der Waals surface area contributed by atoms with Crippen LogP contribution in [0.15, 0.2) is 46.9 Å². The Kier molecular flexibility index (Phi) is 4.05. The summed E-state index contributed by atoms with van der Waals surface area (Å²) in [5.41, 5.74) is 3.00. The van der Waals surface area contributed by atoms with Crippen LogP contribution in [0.5, 0.6) is 5.75 Å². The molecule has 3 aromatic rings. The van der Waals surface area contributed by atoms with Gasteiger partial charge in [-0.1, -0.05) is 34.1 Å². The van der Waals surface area contributed by atoms with Gasteiger partial charge in [-0.2, -0.15) is 0 Å². The van der Waals surface area contributed by atoms with Crippen LogP contribution in [0.1, 0.15) is 15.9 Å². The number of ether oxygens (including phenoxy) is 1. The first-order valence-electron chi connectivity index (χ1n) is 6.99. The highest BCUT2D eigenvalue weighted by Gasteiger charge is 2.20. The van der Waals surface area contributed by atoms with Crippen molar-refractivity contribution in [3.8, 4) is 17.0 Å². The second kappa shape index (κ2) is 6.01. The van der Waals surface area contributed by atoms with Crippen molar-refractivity contribution in [2.45, 2.75) is 6.92 Å². The Morgan fingerprint density at radius 3 is 2.65 bits per heavy atom. The molecule has 1 heterocycles. The van der Waals surface area contributed by atoms with Gasteiger partial charge in [-0.15, -0.1) is 0 Å². The highest BCUT2D eigenvalue weighted by atomic mass is 79.9. The van der Waals surface area contributed by atoms with Gasteiger partial charge >= 0.3 is 5.97 Å². The van der Waals surface area contributed by atoms with E-state index in [-0.39, 0.29) is 5.56 Å². The highest BCUT2D eigenvalue weighted by Crippen LogP contribution is 2.34. The number of pyridine rings is 1. The van der Waals surface area contributed by atoms with Gasteiger partial charge in [0.25, 0.3) is 0 Å². The zero-order valence-corrected chi connectivity index (χ0v) is 14.2. The third kappa shape index (κ3) is 2.68. The fourth-order valence-corrected chi connectivity index (χ4v) is 3.24. The van der Waals surface area contributed by atoms with E-state index in [4.69, 9.17) is 4.74 Å². The van der Waals surface area contributed by atoms with Crippen LogP contribution in [-0.2, 0) is 0 Å². The van der Waals surface area contributed by atoms with Gasteiger partial charge in [0.2, 0.25) is 0 Å². The molecule has 0 fully saturated rings. The Labute approximate surface area is 141 Å². The number of hydrogen-bond acceptors (Lipinski definition) is 3. The maximum absolute atomic E-state index is 11.8. The Morgan fingerprint density at radius 1 is 1.22 bits per heavy atom. The van der Waals surface area contributed by atoms with Crippen LogP contribution in [-0.4, -0.2) is 23.2 Å². The number of benzene rings is 2. The predicted octanol–water partition coefficient (Wildman–Crippen LogP) is 4.68. The second-order valence-electron chi connectivity index (χ2n) is 5.13. The number of aromatic carboxylic acids is 1. The molecule has 4 nitrogen and oxygen atoms in total. The molecule has 0 bridgehead atoms. The van der Waals surface area contributed by atoms with Gasteiger partial charge in [0.1, 0.15) is 5.75 Å².